The number of para-hydroxylation sites is 1. The molecule has 3 N–H and O–H groups in total. The Hall–Kier alpha value is -1.26. The number of carbonyl (C=O) groups is 1. The van der Waals surface area contributed by atoms with E-state index in [2.05, 4.69) is 0 Å². The molecule has 0 saturated carbocycles. The third kappa shape index (κ3) is 1.66. The Labute approximate surface area is 74.2 Å². The molecule has 12 heavy (non-hydrogen) atoms. The summed E-state index contributed by atoms with van der Waals surface area (Å²) in [4.78, 5) is 11.1. The number of rotatable bonds is 1. The largest absolute Gasteiger partial charge is 0.507 e. The summed E-state index contributed by atoms with van der Waals surface area (Å²) >= 11 is 5.19. The fraction of sp³-hybridized carbons (Fsp3) is 0. The molecule has 0 heterocycles. The van der Waals surface area contributed by atoms with Crippen LogP contribution in [0.5, 0.6) is 5.75 Å². The summed E-state index contributed by atoms with van der Waals surface area (Å²) in [5.74, 6) is 4.19. The number of nitrogens with two attached hydrogens (primary N) is 1. The first-order chi connectivity index (χ1) is 5.63. The van der Waals surface area contributed by atoms with Crippen LogP contribution in [0.3, 0.4) is 0 Å². The highest BCUT2D eigenvalue weighted by atomic mass is 35.5. The number of halogens is 1. The van der Waals surface area contributed by atoms with E-state index in [1.165, 1.54) is 12.1 Å². The minimum atomic E-state index is -0.644. The Morgan fingerprint density at radius 1 is 1.50 bits per heavy atom. The van der Waals surface area contributed by atoms with Crippen molar-refractivity contribution in [3.05, 3.63) is 29.8 Å². The number of amides is 1. The lowest BCUT2D eigenvalue weighted by molar-refractivity contribution is 0.0861. The zero-order valence-corrected chi connectivity index (χ0v) is 6.82. The second kappa shape index (κ2) is 3.42. The van der Waals surface area contributed by atoms with Gasteiger partial charge in [0.1, 0.15) is 5.75 Å². The van der Waals surface area contributed by atoms with E-state index in [9.17, 15) is 4.79 Å². The molecule has 1 rings (SSSR count). The first-order valence-corrected chi connectivity index (χ1v) is 3.49. The molecule has 1 aromatic rings. The smallest absolute Gasteiger partial charge is 0.286 e. The molecule has 64 valence electrons. The van der Waals surface area contributed by atoms with Crippen LogP contribution in [0.1, 0.15) is 10.4 Å². The number of hydrogen-bond acceptors (Lipinski definition) is 3. The molecule has 0 radical (unpaired) electrons. The Bertz CT molecular complexity index is 301. The van der Waals surface area contributed by atoms with E-state index in [0.29, 0.717) is 4.53 Å². The quantitative estimate of drug-likeness (QED) is 0.296. The van der Waals surface area contributed by atoms with Gasteiger partial charge in [0.05, 0.1) is 5.56 Å². The number of hydrogen-bond donors (Lipinski definition) is 2. The minimum absolute atomic E-state index is 0.0787. The van der Waals surface area contributed by atoms with Crippen LogP contribution in [-0.4, -0.2) is 15.5 Å². The van der Waals surface area contributed by atoms with E-state index in [0.717, 1.165) is 0 Å². The predicted molar refractivity (Wildman–Crippen MR) is 44.3 cm³/mol. The summed E-state index contributed by atoms with van der Waals surface area (Å²) in [6.45, 7) is 0. The van der Waals surface area contributed by atoms with Crippen molar-refractivity contribution in [3.63, 3.8) is 0 Å². The van der Waals surface area contributed by atoms with Crippen molar-refractivity contribution >= 4 is 17.7 Å². The predicted octanol–water partition coefficient (Wildman–Crippen LogP) is 0.862. The van der Waals surface area contributed by atoms with Gasteiger partial charge in [0, 0.05) is 11.8 Å². The Kier molecular flexibility index (Phi) is 2.52. The number of hydrazine groups is 1. The van der Waals surface area contributed by atoms with Crippen LogP contribution in [0.25, 0.3) is 0 Å². The number of aromatic hydroxyl groups is 1. The summed E-state index contributed by atoms with van der Waals surface area (Å²) in [5, 5.41) is 9.17. The normalized spacial score (nSPS) is 9.50. The zero-order chi connectivity index (χ0) is 9.14. The Balaban J connectivity index is 3.03. The average Bonchev–Trinajstić information content (AvgIpc) is 2.04. The number of phenolic OH excluding ortho intramolecular Hbond substituents is 1. The molecule has 0 spiro atoms. The van der Waals surface area contributed by atoms with E-state index in [4.69, 9.17) is 22.7 Å². The molecule has 0 aliphatic rings. The third-order valence-corrected chi connectivity index (χ3v) is 1.48. The lowest BCUT2D eigenvalue weighted by Crippen LogP contribution is -2.27. The van der Waals surface area contributed by atoms with Gasteiger partial charge in [-0.25, -0.2) is 5.84 Å². The van der Waals surface area contributed by atoms with Crippen molar-refractivity contribution in [3.8, 4) is 5.75 Å². The summed E-state index contributed by atoms with van der Waals surface area (Å²) in [6, 6.07) is 6.02. The standard InChI is InChI=1S/C7H7ClN2O2/c8-10(9)7(12)5-3-1-2-4-6(5)11/h1-4,11H,9H2. The van der Waals surface area contributed by atoms with Crippen LogP contribution in [-0.2, 0) is 0 Å². The Morgan fingerprint density at radius 3 is 2.58 bits per heavy atom. The molecule has 0 fully saturated rings. The summed E-state index contributed by atoms with van der Waals surface area (Å²) in [7, 11) is 0. The minimum Gasteiger partial charge on any atom is -0.507 e. The van der Waals surface area contributed by atoms with Gasteiger partial charge in [0.2, 0.25) is 0 Å². The van der Waals surface area contributed by atoms with Gasteiger partial charge in [-0.05, 0) is 12.1 Å². The van der Waals surface area contributed by atoms with Gasteiger partial charge in [0.15, 0.2) is 0 Å². The Morgan fingerprint density at radius 2 is 2.08 bits per heavy atom. The maximum absolute atomic E-state index is 11.1. The second-order valence-electron chi connectivity index (χ2n) is 2.13. The molecular formula is C7H7ClN2O2. The molecule has 0 saturated heterocycles. The van der Waals surface area contributed by atoms with Gasteiger partial charge >= 0.3 is 0 Å². The van der Waals surface area contributed by atoms with E-state index in [-0.39, 0.29) is 11.3 Å². The van der Waals surface area contributed by atoms with Gasteiger partial charge in [-0.2, -0.15) is 4.53 Å². The molecule has 0 bridgehead atoms. The number of nitrogens with zero attached hydrogens (tertiary/aromatic N) is 1. The van der Waals surface area contributed by atoms with Crippen molar-refractivity contribution in [2.45, 2.75) is 0 Å². The molecule has 5 heteroatoms. The van der Waals surface area contributed by atoms with E-state index in [1.807, 2.05) is 0 Å². The molecule has 1 aromatic carbocycles. The number of phenols is 1. The number of benzene rings is 1. The molecule has 4 nitrogen and oxygen atoms in total. The van der Waals surface area contributed by atoms with Crippen LogP contribution in [0.4, 0.5) is 0 Å². The lowest BCUT2D eigenvalue weighted by atomic mass is 10.2. The molecule has 0 unspecified atom stereocenters. The van der Waals surface area contributed by atoms with Crippen LogP contribution in [0, 0.1) is 0 Å². The highest BCUT2D eigenvalue weighted by molar-refractivity contribution is 6.23. The molecule has 0 aliphatic carbocycles. The summed E-state index contributed by atoms with van der Waals surface area (Å²) in [6.07, 6.45) is 0. The molecule has 0 aromatic heterocycles. The first kappa shape index (κ1) is 8.83. The van der Waals surface area contributed by atoms with Crippen molar-refractivity contribution < 1.29 is 9.90 Å². The maximum atomic E-state index is 11.1. The maximum Gasteiger partial charge on any atom is 0.286 e. The highest BCUT2D eigenvalue weighted by Crippen LogP contribution is 2.16. The lowest BCUT2D eigenvalue weighted by Gasteiger charge is -2.06. The summed E-state index contributed by atoms with van der Waals surface area (Å²) < 4.78 is 0.398. The topological polar surface area (TPSA) is 66.6 Å². The van der Waals surface area contributed by atoms with E-state index < -0.39 is 5.91 Å². The second-order valence-corrected chi connectivity index (χ2v) is 2.50. The highest BCUT2D eigenvalue weighted by Gasteiger charge is 2.13. The fourth-order valence-corrected chi connectivity index (χ4v) is 0.861. The van der Waals surface area contributed by atoms with Gasteiger partial charge in [0.25, 0.3) is 5.91 Å². The van der Waals surface area contributed by atoms with E-state index >= 15 is 0 Å². The SMILES string of the molecule is NN(Cl)C(=O)c1ccccc1O. The first-order valence-electron chi connectivity index (χ1n) is 3.16. The van der Waals surface area contributed by atoms with Crippen molar-refractivity contribution in [1.82, 2.24) is 4.53 Å². The van der Waals surface area contributed by atoms with Crippen molar-refractivity contribution in [2.75, 3.05) is 0 Å². The molecule has 1 amide bonds. The van der Waals surface area contributed by atoms with Crippen LogP contribution < -0.4 is 5.84 Å². The third-order valence-electron chi connectivity index (χ3n) is 1.33. The van der Waals surface area contributed by atoms with Crippen molar-refractivity contribution in [1.29, 1.82) is 0 Å². The average molecular weight is 187 g/mol. The van der Waals surface area contributed by atoms with Gasteiger partial charge in [-0.3, -0.25) is 4.79 Å². The van der Waals surface area contributed by atoms with Gasteiger partial charge < -0.3 is 5.11 Å². The van der Waals surface area contributed by atoms with Crippen molar-refractivity contribution in [2.24, 2.45) is 5.84 Å². The number of carbonyl (C=O) groups excluding carboxylic acids is 1. The zero-order valence-electron chi connectivity index (χ0n) is 6.07. The van der Waals surface area contributed by atoms with Crippen LogP contribution in [0.15, 0.2) is 24.3 Å². The van der Waals surface area contributed by atoms with Gasteiger partial charge in [-0.15, -0.1) is 0 Å². The van der Waals surface area contributed by atoms with Gasteiger partial charge in [-0.1, -0.05) is 12.1 Å². The monoisotopic (exact) mass is 186 g/mol. The van der Waals surface area contributed by atoms with Crippen LogP contribution >= 0.6 is 11.8 Å². The van der Waals surface area contributed by atoms with Crippen LogP contribution in [0.2, 0.25) is 0 Å². The van der Waals surface area contributed by atoms with E-state index in [1.54, 1.807) is 12.1 Å². The molecule has 0 atom stereocenters. The molecule has 0 aliphatic heterocycles. The molecular weight excluding hydrogens is 180 g/mol. The summed E-state index contributed by atoms with van der Waals surface area (Å²) in [5.41, 5.74) is 0.0787. The fourth-order valence-electron chi connectivity index (χ4n) is 0.770.